The lowest BCUT2D eigenvalue weighted by Gasteiger charge is -2.27. The topological polar surface area (TPSA) is 62.9 Å². The molecule has 0 aliphatic carbocycles. The molecule has 1 aliphatic heterocycles. The number of nitrogens with zero attached hydrogens (tertiary/aromatic N) is 1. The number of rotatable bonds is 4. The highest BCUT2D eigenvalue weighted by molar-refractivity contribution is 5.87. The van der Waals surface area contributed by atoms with Crippen LogP contribution in [-0.2, 0) is 12.7 Å². The van der Waals surface area contributed by atoms with E-state index < -0.39 is 22.9 Å². The van der Waals surface area contributed by atoms with E-state index in [-0.39, 0.29) is 40.1 Å². The van der Waals surface area contributed by atoms with Crippen LogP contribution >= 0.6 is 0 Å². The van der Waals surface area contributed by atoms with Crippen LogP contribution in [0.15, 0.2) is 45.6 Å². The molecule has 0 bridgehead atoms. The maximum atomic E-state index is 14.0. The molecule has 1 N–H and O–H groups in total. The fourth-order valence-electron chi connectivity index (χ4n) is 4.09. The van der Waals surface area contributed by atoms with Crippen LogP contribution in [0.25, 0.3) is 22.1 Å². The van der Waals surface area contributed by atoms with Gasteiger partial charge < -0.3 is 14.3 Å². The number of benzene rings is 2. The number of fused-ring (bicyclic) bond motifs is 1. The number of piperidine rings is 1. The number of hydrogen-bond donors (Lipinski definition) is 1. The van der Waals surface area contributed by atoms with Crippen molar-refractivity contribution in [3.8, 4) is 22.6 Å². The number of aromatic hydroxyl groups is 1. The van der Waals surface area contributed by atoms with Gasteiger partial charge in [-0.25, -0.2) is 0 Å². The minimum absolute atomic E-state index is 0.00127. The fraction of sp³-hybridized carbons (Fsp3) is 0.348. The maximum absolute atomic E-state index is 14.0. The second-order valence-corrected chi connectivity index (χ2v) is 7.61. The Kier molecular flexibility index (Phi) is 5.66. The van der Waals surface area contributed by atoms with Gasteiger partial charge in [-0.1, -0.05) is 24.6 Å². The molecular formula is C23H22F3NO4. The molecule has 0 radical (unpaired) electrons. The van der Waals surface area contributed by atoms with Crippen LogP contribution in [0.2, 0.25) is 0 Å². The van der Waals surface area contributed by atoms with Gasteiger partial charge >= 0.3 is 6.18 Å². The molecule has 2 aromatic carbocycles. The molecule has 4 rings (SSSR count). The number of alkyl halides is 3. The van der Waals surface area contributed by atoms with E-state index in [1.165, 1.54) is 37.4 Å². The quantitative estimate of drug-likeness (QED) is 0.614. The van der Waals surface area contributed by atoms with E-state index >= 15 is 0 Å². The Morgan fingerprint density at radius 2 is 1.81 bits per heavy atom. The molecule has 1 fully saturated rings. The van der Waals surface area contributed by atoms with E-state index in [1.807, 2.05) is 4.90 Å². The zero-order valence-electron chi connectivity index (χ0n) is 17.0. The number of phenolic OH excluding ortho intramolecular Hbond substituents is 1. The van der Waals surface area contributed by atoms with Gasteiger partial charge in [0.1, 0.15) is 17.1 Å². The van der Waals surface area contributed by atoms with Gasteiger partial charge in [-0.2, -0.15) is 13.2 Å². The van der Waals surface area contributed by atoms with Crippen LogP contribution in [0.1, 0.15) is 30.6 Å². The summed E-state index contributed by atoms with van der Waals surface area (Å²) in [4.78, 5) is 15.4. The normalized spacial score (nSPS) is 15.4. The van der Waals surface area contributed by atoms with Gasteiger partial charge in [-0.05, 0) is 44.1 Å². The Hall–Kier alpha value is -3.00. The molecular weight excluding hydrogens is 411 g/mol. The van der Waals surface area contributed by atoms with Crippen molar-refractivity contribution in [1.82, 2.24) is 4.90 Å². The summed E-state index contributed by atoms with van der Waals surface area (Å²) in [5.41, 5.74) is -1.47. The fourth-order valence-corrected chi connectivity index (χ4v) is 4.09. The molecule has 0 spiro atoms. The number of phenols is 1. The monoisotopic (exact) mass is 433 g/mol. The summed E-state index contributed by atoms with van der Waals surface area (Å²) < 4.78 is 52.6. The SMILES string of the molecule is COc1ccccc1-c1c(C(F)(F)F)oc2c(CN3CCCCC3)c(O)ccc2c1=O. The second-order valence-electron chi connectivity index (χ2n) is 7.61. The van der Waals surface area contributed by atoms with E-state index in [0.29, 0.717) is 0 Å². The zero-order valence-corrected chi connectivity index (χ0v) is 17.0. The lowest BCUT2D eigenvalue weighted by molar-refractivity contribution is -0.152. The lowest BCUT2D eigenvalue weighted by atomic mass is 9.99. The first-order chi connectivity index (χ1) is 14.8. The smallest absolute Gasteiger partial charge is 0.450 e. The van der Waals surface area contributed by atoms with Crippen molar-refractivity contribution in [2.75, 3.05) is 20.2 Å². The van der Waals surface area contributed by atoms with Crippen LogP contribution < -0.4 is 10.2 Å². The van der Waals surface area contributed by atoms with Crippen LogP contribution in [0, 0.1) is 0 Å². The molecule has 1 aromatic heterocycles. The van der Waals surface area contributed by atoms with Crippen molar-refractivity contribution < 1.29 is 27.4 Å². The van der Waals surface area contributed by atoms with Crippen molar-refractivity contribution >= 4 is 11.0 Å². The summed E-state index contributed by atoms with van der Waals surface area (Å²) in [5.74, 6) is -1.47. The molecule has 0 saturated carbocycles. The highest BCUT2D eigenvalue weighted by Gasteiger charge is 2.40. The molecule has 5 nitrogen and oxygen atoms in total. The standard InChI is InChI=1S/C23H22F3NO4/c1-30-18-8-4-3-7-14(18)19-20(29)15-9-10-17(28)16(13-27-11-5-2-6-12-27)21(15)31-22(19)23(24,25)26/h3-4,7-10,28H,2,5-6,11-13H2,1H3. The number of likely N-dealkylation sites (tertiary alicyclic amines) is 1. The minimum Gasteiger partial charge on any atom is -0.507 e. The van der Waals surface area contributed by atoms with Crippen molar-refractivity contribution in [1.29, 1.82) is 0 Å². The molecule has 1 saturated heterocycles. The molecule has 164 valence electrons. The summed E-state index contributed by atoms with van der Waals surface area (Å²) in [7, 11) is 1.32. The van der Waals surface area contributed by atoms with Crippen molar-refractivity contribution in [2.24, 2.45) is 0 Å². The first-order valence-electron chi connectivity index (χ1n) is 10.1. The zero-order chi connectivity index (χ0) is 22.2. The van der Waals surface area contributed by atoms with E-state index in [2.05, 4.69) is 0 Å². The Morgan fingerprint density at radius 3 is 2.48 bits per heavy atom. The van der Waals surface area contributed by atoms with Crippen LogP contribution in [0.5, 0.6) is 11.5 Å². The lowest BCUT2D eigenvalue weighted by Crippen LogP contribution is -2.29. The Morgan fingerprint density at radius 1 is 1.10 bits per heavy atom. The van der Waals surface area contributed by atoms with Crippen molar-refractivity contribution in [2.45, 2.75) is 32.0 Å². The number of para-hydroxylation sites is 1. The van der Waals surface area contributed by atoms with Gasteiger partial charge in [-0.3, -0.25) is 9.69 Å². The largest absolute Gasteiger partial charge is 0.507 e. The third-order valence-electron chi connectivity index (χ3n) is 5.60. The first-order valence-corrected chi connectivity index (χ1v) is 10.1. The van der Waals surface area contributed by atoms with Gasteiger partial charge in [0.05, 0.1) is 23.6 Å². The third-order valence-corrected chi connectivity index (χ3v) is 5.60. The van der Waals surface area contributed by atoms with Crippen LogP contribution in [-0.4, -0.2) is 30.2 Å². The summed E-state index contributed by atoms with van der Waals surface area (Å²) >= 11 is 0. The van der Waals surface area contributed by atoms with E-state index in [4.69, 9.17) is 9.15 Å². The van der Waals surface area contributed by atoms with Gasteiger partial charge in [0, 0.05) is 12.1 Å². The predicted octanol–water partition coefficient (Wildman–Crippen LogP) is 5.18. The average molecular weight is 433 g/mol. The molecule has 31 heavy (non-hydrogen) atoms. The summed E-state index contributed by atoms with van der Waals surface area (Å²) in [5, 5.41) is 10.4. The van der Waals surface area contributed by atoms with Crippen molar-refractivity contribution in [3.05, 3.63) is 57.9 Å². The van der Waals surface area contributed by atoms with E-state index in [0.717, 1.165) is 32.4 Å². The third kappa shape index (κ3) is 3.99. The first kappa shape index (κ1) is 21.2. The highest BCUT2D eigenvalue weighted by atomic mass is 19.4. The molecule has 8 heteroatoms. The van der Waals surface area contributed by atoms with E-state index in [9.17, 15) is 23.1 Å². The van der Waals surface area contributed by atoms with Gasteiger partial charge in [0.2, 0.25) is 11.2 Å². The summed E-state index contributed by atoms with van der Waals surface area (Å²) in [6.07, 6.45) is -1.88. The predicted molar refractivity (Wildman–Crippen MR) is 110 cm³/mol. The van der Waals surface area contributed by atoms with Gasteiger partial charge in [-0.15, -0.1) is 0 Å². The second kappa shape index (κ2) is 8.26. The maximum Gasteiger partial charge on any atom is 0.450 e. The Labute approximate surface area is 176 Å². The molecule has 0 amide bonds. The number of hydrogen-bond acceptors (Lipinski definition) is 5. The molecule has 0 unspecified atom stereocenters. The number of methoxy groups -OCH3 is 1. The Balaban J connectivity index is 1.99. The number of ether oxygens (including phenoxy) is 1. The van der Waals surface area contributed by atoms with Crippen LogP contribution in [0.4, 0.5) is 13.2 Å². The minimum atomic E-state index is -4.92. The van der Waals surface area contributed by atoms with Gasteiger partial charge in [0.25, 0.3) is 0 Å². The number of halogens is 3. The molecule has 3 aromatic rings. The Bertz CT molecular complexity index is 1160. The van der Waals surface area contributed by atoms with Crippen LogP contribution in [0.3, 0.4) is 0 Å². The summed E-state index contributed by atoms with van der Waals surface area (Å²) in [6.45, 7) is 1.74. The molecule has 1 aliphatic rings. The highest BCUT2D eigenvalue weighted by Crippen LogP contribution is 2.41. The summed E-state index contributed by atoms with van der Waals surface area (Å²) in [6, 6.07) is 8.64. The van der Waals surface area contributed by atoms with Crippen molar-refractivity contribution in [3.63, 3.8) is 0 Å². The van der Waals surface area contributed by atoms with Gasteiger partial charge in [0.15, 0.2) is 0 Å². The average Bonchev–Trinajstić information content (AvgIpc) is 2.75. The van der Waals surface area contributed by atoms with E-state index in [1.54, 1.807) is 6.07 Å². The molecule has 0 atom stereocenters. The molecule has 2 heterocycles.